The van der Waals surface area contributed by atoms with E-state index in [4.69, 9.17) is 0 Å². The molecule has 1 atom stereocenters. The van der Waals surface area contributed by atoms with Crippen molar-refractivity contribution in [2.45, 2.75) is 38.8 Å². The average molecular weight is 689 g/mol. The predicted molar refractivity (Wildman–Crippen MR) is 189 cm³/mol. The Morgan fingerprint density at radius 1 is 0.784 bits per heavy atom. The molecule has 2 fully saturated rings. The summed E-state index contributed by atoms with van der Waals surface area (Å²) in [5.41, 5.74) is 6.38. The number of rotatable bonds is 8. The third-order valence-electron chi connectivity index (χ3n) is 9.88. The Kier molecular flexibility index (Phi) is 9.14. The van der Waals surface area contributed by atoms with Crippen molar-refractivity contribution in [1.29, 1.82) is 0 Å². The minimum Gasteiger partial charge on any atom is -0.508 e. The third kappa shape index (κ3) is 6.60. The minimum atomic E-state index is -1.15. The standard InChI is InChI=1S/C40H37FN4O6/c1-2-31(25-5-11-29(46)12-6-25)36(27-7-13-30(47)14-8-27)26-3-9-28(10-4-26)44-19-17-43(18-20-44)23-24-21-32-37(33(41)22-24)40(51)45(39(32)50)34-15-16-35(48)42-38(34)49/h3-14,21-22,34,46-47H,2,15-20,23H2,1H3,(H,42,48,49). The van der Waals surface area contributed by atoms with Gasteiger partial charge in [-0.25, -0.2) is 4.39 Å². The van der Waals surface area contributed by atoms with Crippen LogP contribution in [0.4, 0.5) is 10.1 Å². The van der Waals surface area contributed by atoms with E-state index in [1.165, 1.54) is 12.1 Å². The number of piperazine rings is 1. The van der Waals surface area contributed by atoms with Gasteiger partial charge >= 0.3 is 0 Å². The molecule has 4 amide bonds. The maximum absolute atomic E-state index is 15.3. The summed E-state index contributed by atoms with van der Waals surface area (Å²) in [4.78, 5) is 55.5. The van der Waals surface area contributed by atoms with Crippen molar-refractivity contribution in [3.8, 4) is 11.5 Å². The molecule has 0 bridgehead atoms. The first kappa shape index (κ1) is 33.7. The molecule has 0 radical (unpaired) electrons. The number of piperidine rings is 1. The van der Waals surface area contributed by atoms with Crippen molar-refractivity contribution in [2.75, 3.05) is 31.1 Å². The molecule has 51 heavy (non-hydrogen) atoms. The van der Waals surface area contributed by atoms with Gasteiger partial charge in [-0.3, -0.25) is 34.3 Å². The van der Waals surface area contributed by atoms with E-state index in [1.54, 1.807) is 24.3 Å². The zero-order valence-electron chi connectivity index (χ0n) is 28.1. The smallest absolute Gasteiger partial charge is 0.265 e. The second-order valence-corrected chi connectivity index (χ2v) is 13.1. The van der Waals surface area contributed by atoms with Gasteiger partial charge in [0.1, 0.15) is 23.4 Å². The fourth-order valence-electron chi connectivity index (χ4n) is 7.29. The molecule has 7 rings (SSSR count). The molecule has 3 aliphatic heterocycles. The molecule has 4 aromatic carbocycles. The van der Waals surface area contributed by atoms with Crippen LogP contribution < -0.4 is 10.2 Å². The van der Waals surface area contributed by atoms with Gasteiger partial charge in [-0.15, -0.1) is 0 Å². The molecule has 1 unspecified atom stereocenters. The molecule has 3 aliphatic rings. The highest BCUT2D eigenvalue weighted by Gasteiger charge is 2.46. The number of nitrogens with zero attached hydrogens (tertiary/aromatic N) is 3. The van der Waals surface area contributed by atoms with Gasteiger partial charge in [-0.05, 0) is 94.8 Å². The number of fused-ring (bicyclic) bond motifs is 1. The van der Waals surface area contributed by atoms with Crippen LogP contribution in [0.1, 0.15) is 69.2 Å². The number of phenolic OH excluding ortho intramolecular Hbond substituents is 2. The number of amides is 4. The van der Waals surface area contributed by atoms with Crippen molar-refractivity contribution < 1.29 is 33.8 Å². The monoisotopic (exact) mass is 688 g/mol. The third-order valence-corrected chi connectivity index (χ3v) is 9.88. The van der Waals surface area contributed by atoms with Crippen molar-refractivity contribution in [3.05, 3.63) is 124 Å². The quantitative estimate of drug-likeness (QED) is 0.167. The summed E-state index contributed by atoms with van der Waals surface area (Å²) >= 11 is 0. The molecule has 0 spiro atoms. The average Bonchev–Trinajstić information content (AvgIpc) is 3.37. The number of phenols is 2. The van der Waals surface area contributed by atoms with E-state index in [1.807, 2.05) is 24.3 Å². The molecule has 10 nitrogen and oxygen atoms in total. The van der Waals surface area contributed by atoms with E-state index in [-0.39, 0.29) is 35.5 Å². The van der Waals surface area contributed by atoms with Crippen LogP contribution in [0, 0.1) is 5.82 Å². The number of nitrogens with one attached hydrogen (secondary N) is 1. The molecule has 3 N–H and O–H groups in total. The molecule has 0 saturated carbocycles. The predicted octanol–water partition coefficient (Wildman–Crippen LogP) is 5.33. The van der Waals surface area contributed by atoms with Crippen molar-refractivity contribution in [2.24, 2.45) is 0 Å². The zero-order valence-corrected chi connectivity index (χ0v) is 28.1. The van der Waals surface area contributed by atoms with Crippen LogP contribution in [0.15, 0.2) is 84.9 Å². The molecule has 2 saturated heterocycles. The van der Waals surface area contributed by atoms with E-state index in [0.29, 0.717) is 25.2 Å². The van der Waals surface area contributed by atoms with Gasteiger partial charge in [-0.2, -0.15) is 0 Å². The van der Waals surface area contributed by atoms with Gasteiger partial charge in [-0.1, -0.05) is 43.3 Å². The first-order valence-corrected chi connectivity index (χ1v) is 17.0. The lowest BCUT2D eigenvalue weighted by molar-refractivity contribution is -0.136. The zero-order chi connectivity index (χ0) is 35.8. The van der Waals surface area contributed by atoms with Gasteiger partial charge in [0, 0.05) is 44.8 Å². The highest BCUT2D eigenvalue weighted by Crippen LogP contribution is 2.37. The number of carbonyl (C=O) groups is 4. The molecule has 0 aromatic heterocycles. The lowest BCUT2D eigenvalue weighted by Gasteiger charge is -2.36. The Hall–Kier alpha value is -5.81. The second-order valence-electron chi connectivity index (χ2n) is 13.1. The first-order chi connectivity index (χ1) is 24.6. The lowest BCUT2D eigenvalue weighted by Crippen LogP contribution is -2.54. The number of halogens is 1. The summed E-state index contributed by atoms with van der Waals surface area (Å²) in [7, 11) is 0. The number of aromatic hydroxyl groups is 2. The lowest BCUT2D eigenvalue weighted by atomic mass is 9.88. The molecular weight excluding hydrogens is 651 g/mol. The fourth-order valence-corrected chi connectivity index (χ4v) is 7.29. The molecule has 0 aliphatic carbocycles. The van der Waals surface area contributed by atoms with Gasteiger partial charge in [0.2, 0.25) is 11.8 Å². The SMILES string of the molecule is CCC(=C(c1ccc(O)cc1)c1ccc(N2CCN(Cc3cc(F)c4c(c3)C(=O)N(C3CCC(=O)NC3=O)C4=O)CC2)cc1)c1ccc(O)cc1. The Bertz CT molecular complexity index is 2050. The summed E-state index contributed by atoms with van der Waals surface area (Å²) in [6.45, 7) is 5.31. The summed E-state index contributed by atoms with van der Waals surface area (Å²) in [6, 6.07) is 24.4. The van der Waals surface area contributed by atoms with Gasteiger partial charge in [0.15, 0.2) is 0 Å². The first-order valence-electron chi connectivity index (χ1n) is 17.0. The highest BCUT2D eigenvalue weighted by molar-refractivity contribution is 6.23. The molecular formula is C40H37FN4O6. The maximum atomic E-state index is 15.3. The topological polar surface area (TPSA) is 130 Å². The van der Waals surface area contributed by atoms with Crippen molar-refractivity contribution in [3.63, 3.8) is 0 Å². The van der Waals surface area contributed by atoms with Crippen LogP contribution in [0.3, 0.4) is 0 Å². The van der Waals surface area contributed by atoms with E-state index < -0.39 is 35.5 Å². The highest BCUT2D eigenvalue weighted by atomic mass is 19.1. The molecule has 4 aromatic rings. The van der Waals surface area contributed by atoms with Gasteiger partial charge < -0.3 is 15.1 Å². The largest absolute Gasteiger partial charge is 0.508 e. The summed E-state index contributed by atoms with van der Waals surface area (Å²) in [5.74, 6) is -3.19. The molecule has 3 heterocycles. The Morgan fingerprint density at radius 2 is 1.37 bits per heavy atom. The van der Waals surface area contributed by atoms with Crippen molar-refractivity contribution >= 4 is 40.5 Å². The Morgan fingerprint density at radius 3 is 1.96 bits per heavy atom. The van der Waals surface area contributed by atoms with Crippen LogP contribution in [0.2, 0.25) is 0 Å². The summed E-state index contributed by atoms with van der Waals surface area (Å²) in [6.07, 6.45) is 0.751. The number of carbonyl (C=O) groups excluding carboxylic acids is 4. The Labute approximate surface area is 294 Å². The number of anilines is 1. The van der Waals surface area contributed by atoms with E-state index in [2.05, 4.69) is 46.3 Å². The summed E-state index contributed by atoms with van der Waals surface area (Å²) in [5, 5.41) is 22.0. The summed E-state index contributed by atoms with van der Waals surface area (Å²) < 4.78 is 15.3. The van der Waals surface area contributed by atoms with Gasteiger partial charge in [0.25, 0.3) is 11.8 Å². The number of allylic oxidation sites excluding steroid dienone is 1. The van der Waals surface area contributed by atoms with E-state index in [0.717, 1.165) is 57.9 Å². The number of hydrogen-bond acceptors (Lipinski definition) is 8. The molecule has 260 valence electrons. The van der Waals surface area contributed by atoms with Crippen LogP contribution in [-0.4, -0.2) is 75.9 Å². The number of hydrogen-bond donors (Lipinski definition) is 3. The van der Waals surface area contributed by atoms with Gasteiger partial charge in [0.05, 0.1) is 11.1 Å². The van der Waals surface area contributed by atoms with E-state index in [9.17, 15) is 29.4 Å². The van der Waals surface area contributed by atoms with Crippen LogP contribution >= 0.6 is 0 Å². The van der Waals surface area contributed by atoms with Crippen LogP contribution in [-0.2, 0) is 16.1 Å². The maximum Gasteiger partial charge on any atom is 0.265 e. The minimum absolute atomic E-state index is 0.00742. The Balaban J connectivity index is 1.05. The number of benzene rings is 4. The van der Waals surface area contributed by atoms with Crippen molar-refractivity contribution in [1.82, 2.24) is 15.1 Å². The van der Waals surface area contributed by atoms with Crippen LogP contribution in [0.25, 0.3) is 11.1 Å². The second kappa shape index (κ2) is 13.8. The van der Waals surface area contributed by atoms with Crippen LogP contribution in [0.5, 0.6) is 11.5 Å². The van der Waals surface area contributed by atoms with E-state index >= 15 is 4.39 Å². The number of imide groups is 2. The normalized spacial score (nSPS) is 18.5. The molecule has 11 heteroatoms. The fraction of sp³-hybridized carbons (Fsp3) is 0.250.